The summed E-state index contributed by atoms with van der Waals surface area (Å²) < 4.78 is 11.2. The Bertz CT molecular complexity index is 993. The Balaban J connectivity index is 1.30. The number of nitriles is 1. The minimum atomic E-state index is -0.711. The summed E-state index contributed by atoms with van der Waals surface area (Å²) in [4.78, 5) is 26.5. The lowest BCUT2D eigenvalue weighted by Gasteiger charge is -2.06. The van der Waals surface area contributed by atoms with E-state index in [4.69, 9.17) is 19.8 Å². The highest BCUT2D eigenvalue weighted by Gasteiger charge is 2.09. The van der Waals surface area contributed by atoms with Crippen LogP contribution < -0.4 is 4.74 Å². The lowest BCUT2D eigenvalue weighted by atomic mass is 10.0. The van der Waals surface area contributed by atoms with E-state index in [1.54, 1.807) is 18.2 Å². The Labute approximate surface area is 238 Å². The number of rotatable bonds is 22. The molecule has 1 N–H and O–H groups in total. The van der Waals surface area contributed by atoms with Crippen LogP contribution in [0.15, 0.2) is 18.2 Å². The first-order valence-electron chi connectivity index (χ1n) is 13.7. The number of aliphatic carboxylic acids is 1. The first-order valence-corrected chi connectivity index (χ1v) is 17.0. The predicted molar refractivity (Wildman–Crippen MR) is 158 cm³/mol. The molecule has 0 saturated carbocycles. The summed E-state index contributed by atoms with van der Waals surface area (Å²) in [5, 5.41) is 17.9. The van der Waals surface area contributed by atoms with E-state index in [1.807, 2.05) is 27.7 Å². The van der Waals surface area contributed by atoms with Gasteiger partial charge in [0, 0.05) is 24.0 Å². The number of fused-ring (bicyclic) bond motifs is 1. The summed E-state index contributed by atoms with van der Waals surface area (Å²) >= 11 is 1.26. The summed E-state index contributed by atoms with van der Waals surface area (Å²) in [6.07, 6.45) is 16.5. The fourth-order valence-corrected chi connectivity index (χ4v) is 6.91. The molecule has 0 bridgehead atoms. The first kappa shape index (κ1) is 32.3. The SMILES string of the molecule is N#Cc1nc2ccc(OC(=O)OCCCSSCCCCCCCCCCCCCCCC(=O)O)cc2s1. The molecule has 0 fully saturated rings. The molecule has 0 aliphatic heterocycles. The van der Waals surface area contributed by atoms with Gasteiger partial charge >= 0.3 is 12.1 Å². The summed E-state index contributed by atoms with van der Waals surface area (Å²) in [5.74, 6) is 1.81. The zero-order valence-electron chi connectivity index (χ0n) is 22.2. The van der Waals surface area contributed by atoms with Crippen LogP contribution in [0.1, 0.15) is 101 Å². The lowest BCUT2D eigenvalue weighted by Crippen LogP contribution is -2.11. The molecule has 210 valence electrons. The number of carboxylic acid groups (broad SMARTS) is 1. The monoisotopic (exact) mass is 580 g/mol. The molecule has 1 aromatic heterocycles. The molecule has 7 nitrogen and oxygen atoms in total. The maximum absolute atomic E-state index is 11.9. The van der Waals surface area contributed by atoms with E-state index >= 15 is 0 Å². The van der Waals surface area contributed by atoms with E-state index in [0.717, 1.165) is 35.5 Å². The van der Waals surface area contributed by atoms with Crippen molar-refractivity contribution in [3.8, 4) is 11.8 Å². The van der Waals surface area contributed by atoms with Gasteiger partial charge in [0.25, 0.3) is 0 Å². The minimum absolute atomic E-state index is 0.314. The van der Waals surface area contributed by atoms with Gasteiger partial charge in [-0.15, -0.1) is 11.3 Å². The van der Waals surface area contributed by atoms with Crippen LogP contribution in [0.3, 0.4) is 0 Å². The van der Waals surface area contributed by atoms with E-state index in [-0.39, 0.29) is 0 Å². The molecule has 2 aromatic rings. The Hall–Kier alpha value is -1.96. The van der Waals surface area contributed by atoms with Crippen molar-refractivity contribution >= 4 is 55.3 Å². The predicted octanol–water partition coefficient (Wildman–Crippen LogP) is 9.00. The van der Waals surface area contributed by atoms with Gasteiger partial charge in [0.2, 0.25) is 0 Å². The average Bonchev–Trinajstić information content (AvgIpc) is 3.32. The Morgan fingerprint density at radius 2 is 1.45 bits per heavy atom. The number of ether oxygens (including phenoxy) is 2. The van der Waals surface area contributed by atoms with Gasteiger partial charge in [-0.05, 0) is 31.4 Å². The van der Waals surface area contributed by atoms with E-state index in [9.17, 15) is 9.59 Å². The molecule has 0 radical (unpaired) electrons. The van der Waals surface area contributed by atoms with E-state index in [0.29, 0.717) is 29.3 Å². The van der Waals surface area contributed by atoms with Gasteiger partial charge in [0.1, 0.15) is 11.8 Å². The molecular weight excluding hydrogens is 541 g/mol. The third kappa shape index (κ3) is 15.5. The zero-order valence-corrected chi connectivity index (χ0v) is 24.6. The molecule has 0 amide bonds. The lowest BCUT2D eigenvalue weighted by molar-refractivity contribution is -0.137. The number of carbonyl (C=O) groups is 2. The summed E-state index contributed by atoms with van der Waals surface area (Å²) in [7, 11) is 3.72. The van der Waals surface area contributed by atoms with Crippen LogP contribution >= 0.6 is 32.9 Å². The normalized spacial score (nSPS) is 10.9. The fourth-order valence-electron chi connectivity index (χ4n) is 3.91. The van der Waals surface area contributed by atoms with Crippen LogP contribution in [-0.4, -0.2) is 40.3 Å². The number of nitrogens with zero attached hydrogens (tertiary/aromatic N) is 2. The van der Waals surface area contributed by atoms with Crippen LogP contribution in [0.5, 0.6) is 5.75 Å². The number of hydrogen-bond acceptors (Lipinski definition) is 9. The molecule has 0 aliphatic carbocycles. The molecular formula is C28H40N2O5S3. The molecule has 0 unspecified atom stereocenters. The van der Waals surface area contributed by atoms with E-state index in [1.165, 1.54) is 82.0 Å². The average molecular weight is 581 g/mol. The number of unbranched alkanes of at least 4 members (excludes halogenated alkanes) is 12. The van der Waals surface area contributed by atoms with Gasteiger partial charge in [-0.2, -0.15) is 5.26 Å². The second-order valence-corrected chi connectivity index (χ2v) is 12.9. The fraction of sp³-hybridized carbons (Fsp3) is 0.643. The highest BCUT2D eigenvalue weighted by Crippen LogP contribution is 2.26. The second kappa shape index (κ2) is 20.9. The van der Waals surface area contributed by atoms with E-state index in [2.05, 4.69) is 4.98 Å². The smallest absolute Gasteiger partial charge is 0.481 e. The van der Waals surface area contributed by atoms with Gasteiger partial charge in [-0.3, -0.25) is 4.79 Å². The topological polar surface area (TPSA) is 110 Å². The van der Waals surface area contributed by atoms with Crippen molar-refractivity contribution in [3.05, 3.63) is 23.2 Å². The second-order valence-electron chi connectivity index (χ2n) is 9.20. The van der Waals surface area contributed by atoms with Crippen molar-refractivity contribution in [3.63, 3.8) is 0 Å². The summed E-state index contributed by atoms with van der Waals surface area (Å²) in [6, 6.07) is 7.09. The molecule has 2 rings (SSSR count). The van der Waals surface area contributed by atoms with E-state index < -0.39 is 12.1 Å². The molecule has 38 heavy (non-hydrogen) atoms. The summed E-state index contributed by atoms with van der Waals surface area (Å²) in [6.45, 7) is 0.334. The molecule has 0 atom stereocenters. The zero-order chi connectivity index (χ0) is 27.3. The largest absolute Gasteiger partial charge is 0.513 e. The Morgan fingerprint density at radius 3 is 2.05 bits per heavy atom. The van der Waals surface area contributed by atoms with Crippen LogP contribution in [0.25, 0.3) is 10.2 Å². The minimum Gasteiger partial charge on any atom is -0.481 e. The molecule has 0 saturated heterocycles. The van der Waals surface area contributed by atoms with Crippen LogP contribution in [0, 0.1) is 11.3 Å². The maximum atomic E-state index is 11.9. The highest BCUT2D eigenvalue weighted by atomic mass is 33.1. The number of benzene rings is 1. The van der Waals surface area contributed by atoms with Crippen molar-refractivity contribution in [2.75, 3.05) is 18.1 Å². The quantitative estimate of drug-likeness (QED) is 0.0631. The van der Waals surface area contributed by atoms with Gasteiger partial charge in [-0.25, -0.2) is 9.78 Å². The number of carbonyl (C=O) groups excluding carboxylic acids is 1. The van der Waals surface area contributed by atoms with Gasteiger partial charge in [0.15, 0.2) is 5.01 Å². The van der Waals surface area contributed by atoms with Gasteiger partial charge in [-0.1, -0.05) is 92.2 Å². The van der Waals surface area contributed by atoms with Crippen LogP contribution in [0.4, 0.5) is 4.79 Å². The molecule has 0 aliphatic rings. The third-order valence-electron chi connectivity index (χ3n) is 5.95. The number of aromatic nitrogens is 1. The third-order valence-corrected chi connectivity index (χ3v) is 9.45. The van der Waals surface area contributed by atoms with Crippen molar-refractivity contribution in [2.24, 2.45) is 0 Å². The Morgan fingerprint density at radius 1 is 0.868 bits per heavy atom. The Kier molecular flexibility index (Phi) is 17.8. The molecule has 1 heterocycles. The van der Waals surface area contributed by atoms with Crippen molar-refractivity contribution < 1.29 is 24.2 Å². The molecule has 0 spiro atoms. The number of hydrogen-bond donors (Lipinski definition) is 1. The van der Waals surface area contributed by atoms with Crippen LogP contribution in [0.2, 0.25) is 0 Å². The molecule has 10 heteroatoms. The van der Waals surface area contributed by atoms with Crippen LogP contribution in [-0.2, 0) is 9.53 Å². The highest BCUT2D eigenvalue weighted by molar-refractivity contribution is 8.76. The number of carboxylic acids is 1. The van der Waals surface area contributed by atoms with Crippen molar-refractivity contribution in [2.45, 2.75) is 96.3 Å². The molecule has 1 aromatic carbocycles. The first-order chi connectivity index (χ1) is 18.6. The van der Waals surface area contributed by atoms with Gasteiger partial charge in [0.05, 0.1) is 16.8 Å². The van der Waals surface area contributed by atoms with Gasteiger partial charge < -0.3 is 14.6 Å². The standard InChI is InChI=1S/C28H40N2O5S3/c29-22-26-30-24-17-16-23(21-25(24)38-26)35-28(33)34-18-14-20-37-36-19-13-11-9-7-5-3-1-2-4-6-8-10-12-15-27(31)32/h16-17,21H,1-15,18-20H2,(H,31,32). The van der Waals surface area contributed by atoms with Crippen molar-refractivity contribution in [1.29, 1.82) is 5.26 Å². The van der Waals surface area contributed by atoms with Crippen molar-refractivity contribution in [1.82, 2.24) is 4.98 Å². The summed E-state index contributed by atoms with van der Waals surface area (Å²) in [5.41, 5.74) is 0.712. The maximum Gasteiger partial charge on any atom is 0.513 e. The number of thiazole rings is 1.